The number of anilines is 1. The van der Waals surface area contributed by atoms with Gasteiger partial charge in [0.2, 0.25) is 0 Å². The maximum absolute atomic E-state index is 12.9. The largest absolute Gasteiger partial charge is 0.492 e. The SMILES string of the molecule is CC(C)(C)c1ccc(OCCNC(=O)c2ccccc2N2C(=O)c3ccccc3C2=O)cc1. The van der Waals surface area contributed by atoms with Crippen molar-refractivity contribution in [2.75, 3.05) is 18.1 Å². The van der Waals surface area contributed by atoms with Crippen molar-refractivity contribution in [1.82, 2.24) is 5.32 Å². The maximum atomic E-state index is 12.9. The molecule has 6 heteroatoms. The molecule has 3 amide bonds. The third kappa shape index (κ3) is 4.51. The van der Waals surface area contributed by atoms with Crippen molar-refractivity contribution in [2.45, 2.75) is 26.2 Å². The van der Waals surface area contributed by atoms with Gasteiger partial charge < -0.3 is 10.1 Å². The highest BCUT2D eigenvalue weighted by Gasteiger charge is 2.37. The van der Waals surface area contributed by atoms with Crippen LogP contribution in [0.1, 0.15) is 57.4 Å². The van der Waals surface area contributed by atoms with Crippen molar-refractivity contribution in [1.29, 1.82) is 0 Å². The number of nitrogens with one attached hydrogen (secondary N) is 1. The van der Waals surface area contributed by atoms with E-state index >= 15 is 0 Å². The molecule has 0 bridgehead atoms. The van der Waals surface area contributed by atoms with Crippen molar-refractivity contribution in [3.05, 3.63) is 95.1 Å². The lowest BCUT2D eigenvalue weighted by molar-refractivity contribution is 0.0926. The van der Waals surface area contributed by atoms with Gasteiger partial charge in [-0.05, 0) is 47.4 Å². The van der Waals surface area contributed by atoms with Crippen LogP contribution in [0.25, 0.3) is 0 Å². The van der Waals surface area contributed by atoms with E-state index in [2.05, 4.69) is 26.1 Å². The van der Waals surface area contributed by atoms with E-state index in [4.69, 9.17) is 4.74 Å². The molecule has 3 aromatic rings. The van der Waals surface area contributed by atoms with Gasteiger partial charge in [-0.3, -0.25) is 14.4 Å². The van der Waals surface area contributed by atoms with Gasteiger partial charge in [0.25, 0.3) is 17.7 Å². The van der Waals surface area contributed by atoms with Crippen molar-refractivity contribution >= 4 is 23.4 Å². The van der Waals surface area contributed by atoms with Gasteiger partial charge in [0.15, 0.2) is 0 Å². The van der Waals surface area contributed by atoms with Crippen LogP contribution >= 0.6 is 0 Å². The van der Waals surface area contributed by atoms with Gasteiger partial charge in [0.1, 0.15) is 12.4 Å². The summed E-state index contributed by atoms with van der Waals surface area (Å²) in [7, 11) is 0. The third-order valence-corrected chi connectivity index (χ3v) is 5.56. The molecule has 0 saturated carbocycles. The number of amides is 3. The molecule has 3 aromatic carbocycles. The number of carbonyl (C=O) groups excluding carboxylic acids is 3. The van der Waals surface area contributed by atoms with E-state index in [1.54, 1.807) is 48.5 Å². The second kappa shape index (κ2) is 8.90. The summed E-state index contributed by atoms with van der Waals surface area (Å²) in [6.45, 7) is 7.01. The Balaban J connectivity index is 1.40. The summed E-state index contributed by atoms with van der Waals surface area (Å²) in [6, 6.07) is 21.1. The minimum atomic E-state index is -0.433. The van der Waals surface area contributed by atoms with Crippen LogP contribution in [0.4, 0.5) is 5.69 Å². The van der Waals surface area contributed by atoms with E-state index in [9.17, 15) is 14.4 Å². The fraction of sp³-hybridized carbons (Fsp3) is 0.222. The van der Waals surface area contributed by atoms with Crippen LogP contribution in [0.15, 0.2) is 72.8 Å². The lowest BCUT2D eigenvalue weighted by Crippen LogP contribution is -2.34. The summed E-state index contributed by atoms with van der Waals surface area (Å²) in [4.78, 5) is 39.6. The van der Waals surface area contributed by atoms with Crippen LogP contribution < -0.4 is 15.0 Å². The standard InChI is InChI=1S/C27H26N2O4/c1-27(2,3)18-12-14-19(15-13-18)33-17-16-28-24(30)22-10-6-7-11-23(22)29-25(31)20-8-4-5-9-21(20)26(29)32/h4-15H,16-17H2,1-3H3,(H,28,30). The monoisotopic (exact) mass is 442 g/mol. The van der Waals surface area contributed by atoms with E-state index in [-0.39, 0.29) is 35.7 Å². The zero-order valence-corrected chi connectivity index (χ0v) is 18.9. The molecule has 0 saturated heterocycles. The molecule has 0 spiro atoms. The quantitative estimate of drug-likeness (QED) is 0.447. The van der Waals surface area contributed by atoms with Gasteiger partial charge in [-0.25, -0.2) is 4.90 Å². The Morgan fingerprint density at radius 3 is 2.03 bits per heavy atom. The molecule has 168 valence electrons. The highest BCUT2D eigenvalue weighted by Crippen LogP contribution is 2.30. The molecule has 1 N–H and O–H groups in total. The van der Waals surface area contributed by atoms with Crippen molar-refractivity contribution in [2.24, 2.45) is 0 Å². The van der Waals surface area contributed by atoms with Crippen LogP contribution in [0.5, 0.6) is 5.75 Å². The van der Waals surface area contributed by atoms with E-state index in [0.29, 0.717) is 11.1 Å². The number of fused-ring (bicyclic) bond motifs is 1. The topological polar surface area (TPSA) is 75.7 Å². The highest BCUT2D eigenvalue weighted by molar-refractivity contribution is 6.35. The van der Waals surface area contributed by atoms with E-state index in [1.165, 1.54) is 5.56 Å². The van der Waals surface area contributed by atoms with Gasteiger partial charge in [-0.2, -0.15) is 0 Å². The van der Waals surface area contributed by atoms with E-state index in [0.717, 1.165) is 10.6 Å². The molecular weight excluding hydrogens is 416 g/mol. The van der Waals surface area contributed by atoms with Crippen LogP contribution in [-0.4, -0.2) is 30.9 Å². The molecule has 1 aliphatic rings. The Hall–Kier alpha value is -3.93. The zero-order valence-electron chi connectivity index (χ0n) is 18.9. The molecule has 0 aromatic heterocycles. The first kappa shape index (κ1) is 22.3. The van der Waals surface area contributed by atoms with Crippen molar-refractivity contribution in [3.8, 4) is 5.75 Å². The number of nitrogens with zero attached hydrogens (tertiary/aromatic N) is 1. The first-order valence-corrected chi connectivity index (χ1v) is 10.9. The molecule has 0 fully saturated rings. The number of hydrogen-bond acceptors (Lipinski definition) is 4. The molecule has 33 heavy (non-hydrogen) atoms. The second-order valence-corrected chi connectivity index (χ2v) is 8.89. The van der Waals surface area contributed by atoms with Crippen LogP contribution in [0.2, 0.25) is 0 Å². The Labute approximate surface area is 193 Å². The zero-order chi connectivity index (χ0) is 23.6. The second-order valence-electron chi connectivity index (χ2n) is 8.89. The molecule has 0 atom stereocenters. The fourth-order valence-electron chi connectivity index (χ4n) is 3.75. The number of para-hydroxylation sites is 1. The van der Waals surface area contributed by atoms with E-state index in [1.807, 2.05) is 24.3 Å². The summed E-state index contributed by atoms with van der Waals surface area (Å²) in [6.07, 6.45) is 0. The summed E-state index contributed by atoms with van der Waals surface area (Å²) >= 11 is 0. The van der Waals surface area contributed by atoms with Gasteiger partial charge in [0, 0.05) is 0 Å². The lowest BCUT2D eigenvalue weighted by atomic mass is 9.87. The normalized spacial score (nSPS) is 13.1. The molecule has 1 aliphatic heterocycles. The smallest absolute Gasteiger partial charge is 0.266 e. The highest BCUT2D eigenvalue weighted by atomic mass is 16.5. The Bertz CT molecular complexity index is 1170. The molecule has 1 heterocycles. The first-order chi connectivity index (χ1) is 15.8. The number of rotatable bonds is 6. The Morgan fingerprint density at radius 1 is 0.848 bits per heavy atom. The van der Waals surface area contributed by atoms with Crippen molar-refractivity contribution < 1.29 is 19.1 Å². The Morgan fingerprint density at radius 2 is 1.42 bits per heavy atom. The van der Waals surface area contributed by atoms with Crippen LogP contribution in [0.3, 0.4) is 0 Å². The van der Waals surface area contributed by atoms with Gasteiger partial charge in [-0.15, -0.1) is 0 Å². The minimum absolute atomic E-state index is 0.0688. The lowest BCUT2D eigenvalue weighted by Gasteiger charge is -2.19. The van der Waals surface area contributed by atoms with E-state index < -0.39 is 11.8 Å². The van der Waals surface area contributed by atoms with Crippen LogP contribution in [-0.2, 0) is 5.41 Å². The Kier molecular flexibility index (Phi) is 6.01. The number of imide groups is 1. The summed E-state index contributed by atoms with van der Waals surface area (Å²) in [5, 5.41) is 2.81. The van der Waals surface area contributed by atoms with Crippen molar-refractivity contribution in [3.63, 3.8) is 0 Å². The average Bonchev–Trinajstić information content (AvgIpc) is 3.06. The molecule has 4 rings (SSSR count). The summed E-state index contributed by atoms with van der Waals surface area (Å²) in [5.41, 5.74) is 2.47. The molecule has 0 aliphatic carbocycles. The first-order valence-electron chi connectivity index (χ1n) is 10.9. The predicted octanol–water partition coefficient (Wildman–Crippen LogP) is 4.59. The summed E-state index contributed by atoms with van der Waals surface area (Å²) < 4.78 is 5.73. The average molecular weight is 443 g/mol. The van der Waals surface area contributed by atoms with Gasteiger partial charge in [0.05, 0.1) is 28.9 Å². The fourth-order valence-corrected chi connectivity index (χ4v) is 3.75. The maximum Gasteiger partial charge on any atom is 0.266 e. The molecule has 0 unspecified atom stereocenters. The molecular formula is C27H26N2O4. The minimum Gasteiger partial charge on any atom is -0.492 e. The number of carbonyl (C=O) groups is 3. The number of benzene rings is 3. The number of ether oxygens (including phenoxy) is 1. The summed E-state index contributed by atoms with van der Waals surface area (Å²) in [5.74, 6) is -0.520. The van der Waals surface area contributed by atoms with Gasteiger partial charge >= 0.3 is 0 Å². The number of hydrogen-bond donors (Lipinski definition) is 1. The molecule has 0 radical (unpaired) electrons. The molecule has 6 nitrogen and oxygen atoms in total. The predicted molar refractivity (Wildman–Crippen MR) is 127 cm³/mol. The van der Waals surface area contributed by atoms with Gasteiger partial charge in [-0.1, -0.05) is 57.2 Å². The third-order valence-electron chi connectivity index (χ3n) is 5.56. The van der Waals surface area contributed by atoms with Crippen LogP contribution in [0, 0.1) is 0 Å².